The summed E-state index contributed by atoms with van der Waals surface area (Å²) in [4.78, 5) is 45.5. The number of hydrogen-bond donors (Lipinski definition) is 3. The van der Waals surface area contributed by atoms with E-state index < -0.39 is 17.1 Å². The first-order chi connectivity index (χ1) is 20.8. The predicted octanol–water partition coefficient (Wildman–Crippen LogP) is 8.05. The molecule has 3 N–H and O–H groups in total. The van der Waals surface area contributed by atoms with Gasteiger partial charge in [-0.05, 0) is 72.5 Å². The highest BCUT2D eigenvalue weighted by atomic mass is 35.5. The first kappa shape index (κ1) is 30.2. The number of nitrogens with zero attached hydrogens (tertiary/aromatic N) is 1. The van der Waals surface area contributed by atoms with Gasteiger partial charge in [0.05, 0.1) is 15.8 Å². The normalized spacial score (nSPS) is 11.9. The van der Waals surface area contributed by atoms with E-state index in [1.165, 1.54) is 23.1 Å². The molecular formula is C32H25ClN4O3S3. The fourth-order valence-electron chi connectivity index (χ4n) is 3.88. The average Bonchev–Trinajstić information content (AvgIpc) is 3.70. The van der Waals surface area contributed by atoms with Crippen molar-refractivity contribution < 1.29 is 14.4 Å². The van der Waals surface area contributed by atoms with Crippen LogP contribution in [-0.4, -0.2) is 28.0 Å². The van der Waals surface area contributed by atoms with Crippen molar-refractivity contribution >= 4 is 80.7 Å². The van der Waals surface area contributed by atoms with Gasteiger partial charge >= 0.3 is 0 Å². The van der Waals surface area contributed by atoms with Gasteiger partial charge in [-0.1, -0.05) is 54.1 Å². The molecule has 3 amide bonds. The fourth-order valence-corrected chi connectivity index (χ4v) is 6.48. The molecule has 3 aromatic carbocycles. The smallest absolute Gasteiger partial charge is 0.272 e. The standard InChI is InChI=1S/C32H25ClN4O3S3/c1-20(29(38)37-32-36-27(19-42-32)28-14-7-15-41-28)43-25-13-6-12-24(18-25)34-31(40)26(17-21-8-5-11-23(33)16-21)35-30(39)22-9-3-2-4-10-22/h2-20H,1H3,(H,34,40)(H,35,39)(H,36,37,38)/b26-17-. The van der Waals surface area contributed by atoms with Gasteiger partial charge in [0.1, 0.15) is 5.70 Å². The minimum Gasteiger partial charge on any atom is -0.321 e. The maximum absolute atomic E-state index is 13.4. The molecule has 0 aliphatic rings. The zero-order chi connectivity index (χ0) is 30.2. The molecule has 0 aliphatic heterocycles. The number of aromatic nitrogens is 1. The second-order valence-corrected chi connectivity index (χ2v) is 12.8. The second kappa shape index (κ2) is 14.3. The van der Waals surface area contributed by atoms with Crippen LogP contribution >= 0.6 is 46.0 Å². The minimum atomic E-state index is -0.512. The summed E-state index contributed by atoms with van der Waals surface area (Å²) in [7, 11) is 0. The lowest BCUT2D eigenvalue weighted by Crippen LogP contribution is -2.30. The number of rotatable bonds is 10. The summed E-state index contributed by atoms with van der Waals surface area (Å²) in [5.41, 5.74) is 2.46. The number of thioether (sulfide) groups is 1. The third kappa shape index (κ3) is 8.42. The average molecular weight is 645 g/mol. The molecule has 0 saturated heterocycles. The number of nitrogens with one attached hydrogen (secondary N) is 3. The molecule has 43 heavy (non-hydrogen) atoms. The third-order valence-corrected chi connectivity index (χ3v) is 8.95. The van der Waals surface area contributed by atoms with Crippen molar-refractivity contribution in [2.45, 2.75) is 17.1 Å². The molecule has 0 bridgehead atoms. The van der Waals surface area contributed by atoms with E-state index in [-0.39, 0.29) is 11.6 Å². The van der Waals surface area contributed by atoms with Crippen LogP contribution in [0.5, 0.6) is 0 Å². The number of carbonyl (C=O) groups is 3. The second-order valence-electron chi connectivity index (χ2n) is 9.18. The van der Waals surface area contributed by atoms with Crippen LogP contribution in [0.3, 0.4) is 0 Å². The molecule has 1 unspecified atom stereocenters. The largest absolute Gasteiger partial charge is 0.321 e. The maximum atomic E-state index is 13.4. The zero-order valence-corrected chi connectivity index (χ0v) is 25.9. The molecule has 11 heteroatoms. The van der Waals surface area contributed by atoms with Gasteiger partial charge in [0, 0.05) is 26.5 Å². The van der Waals surface area contributed by atoms with E-state index in [1.807, 2.05) is 41.9 Å². The van der Waals surface area contributed by atoms with Crippen molar-refractivity contribution in [2.24, 2.45) is 0 Å². The van der Waals surface area contributed by atoms with Crippen LogP contribution < -0.4 is 16.0 Å². The first-order valence-electron chi connectivity index (χ1n) is 13.1. The zero-order valence-electron chi connectivity index (χ0n) is 22.7. The summed E-state index contributed by atoms with van der Waals surface area (Å²) < 4.78 is 0. The molecule has 216 valence electrons. The number of amides is 3. The summed E-state index contributed by atoms with van der Waals surface area (Å²) in [6, 6.07) is 26.7. The SMILES string of the molecule is CC(Sc1cccc(NC(=O)/C(=C/c2cccc(Cl)c2)NC(=O)c2ccccc2)c1)C(=O)Nc1nc(-c2cccs2)cs1. The molecule has 2 heterocycles. The molecule has 7 nitrogen and oxygen atoms in total. The van der Waals surface area contributed by atoms with Crippen LogP contribution in [0.15, 0.2) is 112 Å². The number of benzene rings is 3. The van der Waals surface area contributed by atoms with E-state index in [9.17, 15) is 14.4 Å². The lowest BCUT2D eigenvalue weighted by atomic mass is 10.1. The van der Waals surface area contributed by atoms with Gasteiger partial charge in [0.2, 0.25) is 5.91 Å². The lowest BCUT2D eigenvalue weighted by Gasteiger charge is -2.13. The van der Waals surface area contributed by atoms with Crippen molar-refractivity contribution in [3.8, 4) is 10.6 Å². The van der Waals surface area contributed by atoms with Crippen molar-refractivity contribution in [2.75, 3.05) is 10.6 Å². The number of halogens is 1. The van der Waals surface area contributed by atoms with Gasteiger partial charge in [-0.25, -0.2) is 4.98 Å². The van der Waals surface area contributed by atoms with Crippen LogP contribution in [-0.2, 0) is 9.59 Å². The van der Waals surface area contributed by atoms with Gasteiger partial charge in [-0.15, -0.1) is 34.4 Å². The van der Waals surface area contributed by atoms with E-state index in [0.29, 0.717) is 27.0 Å². The molecule has 0 radical (unpaired) electrons. The van der Waals surface area contributed by atoms with E-state index in [4.69, 9.17) is 11.6 Å². The van der Waals surface area contributed by atoms with Crippen molar-refractivity contribution in [1.29, 1.82) is 0 Å². The molecule has 0 fully saturated rings. The Morgan fingerprint density at radius 1 is 0.907 bits per heavy atom. The van der Waals surface area contributed by atoms with E-state index in [0.717, 1.165) is 15.5 Å². The Hall–Kier alpha value is -4.22. The van der Waals surface area contributed by atoms with Crippen LogP contribution in [0.4, 0.5) is 10.8 Å². The Morgan fingerprint density at radius 2 is 1.72 bits per heavy atom. The molecule has 0 saturated carbocycles. The Labute approximate surface area is 266 Å². The highest BCUT2D eigenvalue weighted by Crippen LogP contribution is 2.30. The molecule has 5 rings (SSSR count). The summed E-state index contributed by atoms with van der Waals surface area (Å²) >= 11 is 10.5. The molecule has 2 aromatic heterocycles. The molecule has 0 aliphatic carbocycles. The fraction of sp³-hybridized carbons (Fsp3) is 0.0625. The lowest BCUT2D eigenvalue weighted by molar-refractivity contribution is -0.115. The van der Waals surface area contributed by atoms with Crippen molar-refractivity contribution in [3.63, 3.8) is 0 Å². The van der Waals surface area contributed by atoms with Gasteiger partial charge in [0.15, 0.2) is 5.13 Å². The van der Waals surface area contributed by atoms with Gasteiger partial charge in [-0.2, -0.15) is 0 Å². The van der Waals surface area contributed by atoms with Crippen LogP contribution in [0, 0.1) is 0 Å². The molecule has 5 aromatic rings. The van der Waals surface area contributed by atoms with Crippen molar-refractivity contribution in [3.05, 3.63) is 124 Å². The predicted molar refractivity (Wildman–Crippen MR) is 178 cm³/mol. The van der Waals surface area contributed by atoms with E-state index in [2.05, 4.69) is 20.9 Å². The van der Waals surface area contributed by atoms with Crippen molar-refractivity contribution in [1.82, 2.24) is 10.3 Å². The van der Waals surface area contributed by atoms with E-state index >= 15 is 0 Å². The molecule has 0 spiro atoms. The van der Waals surface area contributed by atoms with Gasteiger partial charge < -0.3 is 16.0 Å². The third-order valence-electron chi connectivity index (χ3n) is 5.97. The number of thiophene rings is 1. The Kier molecular flexibility index (Phi) is 10.1. The number of hydrogen-bond acceptors (Lipinski definition) is 7. The Morgan fingerprint density at radius 3 is 2.49 bits per heavy atom. The summed E-state index contributed by atoms with van der Waals surface area (Å²) in [5.74, 6) is -1.11. The summed E-state index contributed by atoms with van der Waals surface area (Å²) in [6.45, 7) is 1.81. The van der Waals surface area contributed by atoms with Gasteiger partial charge in [0.25, 0.3) is 11.8 Å². The minimum absolute atomic E-state index is 0.0484. The Bertz CT molecular complexity index is 1770. The van der Waals surface area contributed by atoms with Crippen LogP contribution in [0.25, 0.3) is 16.6 Å². The Balaban J connectivity index is 1.26. The highest BCUT2D eigenvalue weighted by Gasteiger charge is 2.18. The maximum Gasteiger partial charge on any atom is 0.272 e. The quantitative estimate of drug-likeness (QED) is 0.105. The number of anilines is 2. The summed E-state index contributed by atoms with van der Waals surface area (Å²) in [5, 5.41) is 13.0. The van der Waals surface area contributed by atoms with Gasteiger partial charge in [-0.3, -0.25) is 14.4 Å². The molecule has 1 atom stereocenters. The van der Waals surface area contributed by atoms with E-state index in [1.54, 1.807) is 84.1 Å². The first-order valence-corrected chi connectivity index (χ1v) is 16.1. The molecular weight excluding hydrogens is 620 g/mol. The number of carbonyl (C=O) groups excluding carboxylic acids is 3. The van der Waals surface area contributed by atoms with Crippen LogP contribution in [0.1, 0.15) is 22.8 Å². The highest BCUT2D eigenvalue weighted by molar-refractivity contribution is 8.00. The number of thiazole rings is 1. The van der Waals surface area contributed by atoms with Crippen LogP contribution in [0.2, 0.25) is 5.02 Å². The summed E-state index contributed by atoms with van der Waals surface area (Å²) in [6.07, 6.45) is 1.57. The topological polar surface area (TPSA) is 100 Å². The monoisotopic (exact) mass is 644 g/mol.